The molecular formula is C23H26Cl3N3O5S. The molecule has 8 nitrogen and oxygen atoms in total. The smallest absolute Gasteiger partial charge is 0.411 e. The quantitative estimate of drug-likeness (QED) is 0.368. The fourth-order valence-electron chi connectivity index (χ4n) is 3.48. The lowest BCUT2D eigenvalue weighted by atomic mass is 10.1. The normalized spacial score (nSPS) is 18.9. The predicted molar refractivity (Wildman–Crippen MR) is 140 cm³/mol. The Morgan fingerprint density at radius 3 is 2.71 bits per heavy atom. The maximum Gasteiger partial charge on any atom is 0.411 e. The van der Waals surface area contributed by atoms with Gasteiger partial charge in [-0.1, -0.05) is 29.3 Å². The maximum atomic E-state index is 11.5. The van der Waals surface area contributed by atoms with E-state index in [9.17, 15) is 4.79 Å². The molecule has 0 spiro atoms. The number of nitrogens with one attached hydrogen (secondary N) is 1. The van der Waals surface area contributed by atoms with Crippen molar-refractivity contribution in [2.75, 3.05) is 24.3 Å². The first kappa shape index (κ1) is 29.3. The summed E-state index contributed by atoms with van der Waals surface area (Å²) in [6.45, 7) is 2.92. The van der Waals surface area contributed by atoms with Gasteiger partial charge < -0.3 is 24.3 Å². The summed E-state index contributed by atoms with van der Waals surface area (Å²) in [5, 5.41) is 3.72. The van der Waals surface area contributed by atoms with E-state index < -0.39 is 11.9 Å². The minimum absolute atomic E-state index is 0. The number of halogens is 3. The van der Waals surface area contributed by atoms with Crippen molar-refractivity contribution in [2.24, 2.45) is 0 Å². The number of anilines is 1. The van der Waals surface area contributed by atoms with Crippen LogP contribution in [0.3, 0.4) is 0 Å². The molecule has 12 heteroatoms. The van der Waals surface area contributed by atoms with Gasteiger partial charge in [0.1, 0.15) is 0 Å². The van der Waals surface area contributed by atoms with Gasteiger partial charge >= 0.3 is 6.09 Å². The molecule has 4 rings (SSSR count). The van der Waals surface area contributed by atoms with Gasteiger partial charge in [-0.3, -0.25) is 5.32 Å². The molecule has 0 radical (unpaired) electrons. The Labute approximate surface area is 224 Å². The van der Waals surface area contributed by atoms with Gasteiger partial charge in [0.05, 0.1) is 37.2 Å². The van der Waals surface area contributed by atoms with E-state index in [2.05, 4.69) is 10.3 Å². The summed E-state index contributed by atoms with van der Waals surface area (Å²) < 4.78 is 19.5. The van der Waals surface area contributed by atoms with Crippen LogP contribution < -0.4 is 5.32 Å². The van der Waals surface area contributed by atoms with Crippen molar-refractivity contribution in [3.05, 3.63) is 76.8 Å². The Hall–Kier alpha value is -1.98. The molecule has 3 N–H and O–H groups in total. The van der Waals surface area contributed by atoms with Crippen molar-refractivity contribution >= 4 is 59.2 Å². The molecule has 0 bridgehead atoms. The number of aromatic nitrogens is 2. The maximum absolute atomic E-state index is 11.5. The van der Waals surface area contributed by atoms with Gasteiger partial charge in [0.2, 0.25) is 5.79 Å². The van der Waals surface area contributed by atoms with Crippen LogP contribution in [0.5, 0.6) is 0 Å². The van der Waals surface area contributed by atoms with Crippen LogP contribution in [0.2, 0.25) is 10.0 Å². The van der Waals surface area contributed by atoms with Gasteiger partial charge in [-0.15, -0.1) is 24.2 Å². The summed E-state index contributed by atoms with van der Waals surface area (Å²) in [5.74, 6) is -0.359. The Bertz CT molecular complexity index is 1090. The summed E-state index contributed by atoms with van der Waals surface area (Å²) in [5.41, 5.74) is 1.40. The Balaban J connectivity index is 0.00000216. The van der Waals surface area contributed by atoms with Crippen LogP contribution in [-0.2, 0) is 26.5 Å². The molecule has 3 aromatic rings. The molecule has 1 amide bonds. The standard InChI is InChI=1S/C23H23Cl2N3O4S.ClH.H2O/c1-2-30-22(29)27-17-4-6-19(7-5-17)33-13-18-12-31-23(32-18,14-28-10-9-26-15-28)20-8-3-16(24)11-21(20)25;;/h3-11,15,18H,2,12-14H2,1H3,(H,27,29);1H;1H2/t18-,23+;;/m0../s1. The van der Waals surface area contributed by atoms with Crippen LogP contribution in [0.25, 0.3) is 0 Å². The fraction of sp³-hybridized carbons (Fsp3) is 0.304. The van der Waals surface area contributed by atoms with Crippen molar-refractivity contribution in [2.45, 2.75) is 30.3 Å². The molecule has 35 heavy (non-hydrogen) atoms. The highest BCUT2D eigenvalue weighted by Crippen LogP contribution is 2.41. The third kappa shape index (κ3) is 7.50. The number of imidazole rings is 1. The number of amides is 1. The van der Waals surface area contributed by atoms with Crippen LogP contribution >= 0.6 is 47.4 Å². The van der Waals surface area contributed by atoms with Gasteiger partial charge in [0.25, 0.3) is 0 Å². The third-order valence-corrected chi connectivity index (χ3v) is 6.65. The molecule has 2 atom stereocenters. The molecule has 1 saturated heterocycles. The minimum atomic E-state index is -1.04. The fourth-order valence-corrected chi connectivity index (χ4v) is 4.91. The van der Waals surface area contributed by atoms with Crippen LogP contribution in [-0.4, -0.2) is 46.2 Å². The Morgan fingerprint density at radius 2 is 2.06 bits per heavy atom. The van der Waals surface area contributed by atoms with Crippen molar-refractivity contribution in [3.63, 3.8) is 0 Å². The zero-order chi connectivity index (χ0) is 23.3. The largest absolute Gasteiger partial charge is 0.450 e. The summed E-state index contributed by atoms with van der Waals surface area (Å²) in [7, 11) is 0. The highest BCUT2D eigenvalue weighted by Gasteiger charge is 2.45. The molecule has 1 aliphatic heterocycles. The number of nitrogens with zero attached hydrogens (tertiary/aromatic N) is 2. The van der Waals surface area contributed by atoms with Crippen molar-refractivity contribution in [3.8, 4) is 0 Å². The average Bonchev–Trinajstić information content (AvgIpc) is 3.44. The van der Waals surface area contributed by atoms with Gasteiger partial charge in [0, 0.05) is 39.3 Å². The second kappa shape index (κ2) is 13.4. The first-order valence-electron chi connectivity index (χ1n) is 10.4. The Morgan fingerprint density at radius 1 is 1.29 bits per heavy atom. The average molecular weight is 563 g/mol. The van der Waals surface area contributed by atoms with Gasteiger partial charge in [0.15, 0.2) is 0 Å². The van der Waals surface area contributed by atoms with Crippen molar-refractivity contribution in [1.82, 2.24) is 9.55 Å². The van der Waals surface area contributed by atoms with E-state index in [4.69, 9.17) is 37.4 Å². The summed E-state index contributed by atoms with van der Waals surface area (Å²) in [6, 6.07) is 12.9. The van der Waals surface area contributed by atoms with Gasteiger partial charge in [-0.25, -0.2) is 9.78 Å². The van der Waals surface area contributed by atoms with E-state index in [0.717, 1.165) is 10.5 Å². The first-order valence-corrected chi connectivity index (χ1v) is 12.1. The lowest BCUT2D eigenvalue weighted by molar-refractivity contribution is -0.184. The molecule has 0 saturated carbocycles. The topological polar surface area (TPSA) is 106 Å². The number of ether oxygens (including phenoxy) is 3. The van der Waals surface area contributed by atoms with Crippen molar-refractivity contribution < 1.29 is 24.5 Å². The molecule has 2 heterocycles. The minimum Gasteiger partial charge on any atom is -0.450 e. The van der Waals surface area contributed by atoms with E-state index >= 15 is 0 Å². The molecule has 1 fully saturated rings. The molecule has 0 unspecified atom stereocenters. The highest BCUT2D eigenvalue weighted by molar-refractivity contribution is 7.99. The van der Waals surface area contributed by atoms with Crippen molar-refractivity contribution in [1.29, 1.82) is 0 Å². The van der Waals surface area contributed by atoms with Crippen LogP contribution in [0.4, 0.5) is 10.5 Å². The zero-order valence-corrected chi connectivity index (χ0v) is 21.9. The second-order valence-corrected chi connectivity index (χ2v) is 9.28. The van der Waals surface area contributed by atoms with E-state index in [1.54, 1.807) is 43.3 Å². The molecule has 190 valence electrons. The van der Waals surface area contributed by atoms with Crippen LogP contribution in [0, 0.1) is 0 Å². The lowest BCUT2D eigenvalue weighted by Gasteiger charge is -2.30. The van der Waals surface area contributed by atoms with Crippen LogP contribution in [0.15, 0.2) is 66.1 Å². The molecule has 2 aromatic carbocycles. The number of rotatable bonds is 8. The molecule has 0 aliphatic carbocycles. The highest BCUT2D eigenvalue weighted by atomic mass is 35.5. The van der Waals surface area contributed by atoms with E-state index in [1.165, 1.54) is 0 Å². The number of hydrogen-bond acceptors (Lipinski definition) is 6. The Kier molecular flexibility index (Phi) is 11.2. The third-order valence-electron chi connectivity index (χ3n) is 4.96. The second-order valence-electron chi connectivity index (χ2n) is 7.34. The number of thioether (sulfide) groups is 1. The summed E-state index contributed by atoms with van der Waals surface area (Å²) in [4.78, 5) is 16.7. The number of carbonyl (C=O) groups excluding carboxylic acids is 1. The molecule has 1 aromatic heterocycles. The van der Waals surface area contributed by atoms with E-state index in [1.807, 2.05) is 41.1 Å². The van der Waals surface area contributed by atoms with Gasteiger partial charge in [-0.05, 0) is 43.3 Å². The predicted octanol–water partition coefficient (Wildman–Crippen LogP) is 5.42. The summed E-state index contributed by atoms with van der Waals surface area (Å²) >= 11 is 14.3. The van der Waals surface area contributed by atoms with Crippen LogP contribution in [0.1, 0.15) is 12.5 Å². The van der Waals surface area contributed by atoms with Gasteiger partial charge in [-0.2, -0.15) is 0 Å². The number of benzene rings is 2. The summed E-state index contributed by atoms with van der Waals surface area (Å²) in [6.07, 6.45) is 4.66. The molecule has 1 aliphatic rings. The van der Waals surface area contributed by atoms with E-state index in [0.29, 0.717) is 41.2 Å². The SMILES string of the molecule is CCOC(=O)Nc1ccc(SC[C@@H]2CO[C@@](Cn3ccnc3)(c3ccc(Cl)cc3Cl)O2)cc1.Cl.O. The molecular weight excluding hydrogens is 537 g/mol. The number of hydrogen-bond donors (Lipinski definition) is 1. The number of carbonyl (C=O) groups is 1. The lowest BCUT2D eigenvalue weighted by Crippen LogP contribution is -2.34. The van der Waals surface area contributed by atoms with E-state index in [-0.39, 0.29) is 24.0 Å². The monoisotopic (exact) mass is 561 g/mol. The zero-order valence-electron chi connectivity index (χ0n) is 18.8. The first-order chi connectivity index (χ1) is 16.0.